The monoisotopic (exact) mass is 538 g/mol. The third-order valence-corrected chi connectivity index (χ3v) is 7.07. The lowest BCUT2D eigenvalue weighted by atomic mass is 10.0. The molecule has 4 aromatic rings. The molecule has 0 unspecified atom stereocenters. The van der Waals surface area contributed by atoms with Crippen molar-refractivity contribution in [1.82, 2.24) is 29.8 Å². The fourth-order valence-corrected chi connectivity index (χ4v) is 4.71. The summed E-state index contributed by atoms with van der Waals surface area (Å²) in [5, 5.41) is 19.5. The van der Waals surface area contributed by atoms with E-state index >= 15 is 0 Å². The highest BCUT2D eigenvalue weighted by Gasteiger charge is 2.20. The highest BCUT2D eigenvalue weighted by atomic mass is 32.2. The molecule has 1 aromatic carbocycles. The third-order valence-electron chi connectivity index (χ3n) is 5.94. The Morgan fingerprint density at radius 1 is 1.08 bits per heavy atom. The lowest BCUT2D eigenvalue weighted by Gasteiger charge is -2.18. The van der Waals surface area contributed by atoms with Crippen molar-refractivity contribution in [2.45, 2.75) is 37.8 Å². The van der Waals surface area contributed by atoms with Crippen molar-refractivity contribution >= 4 is 27.3 Å². The van der Waals surface area contributed by atoms with E-state index in [2.05, 4.69) is 20.7 Å². The first-order valence-electron chi connectivity index (χ1n) is 12.1. The van der Waals surface area contributed by atoms with Gasteiger partial charge < -0.3 is 15.7 Å². The number of aliphatic hydroxyl groups excluding tert-OH is 1. The van der Waals surface area contributed by atoms with Gasteiger partial charge in [-0.3, -0.25) is 14.0 Å². The Balaban J connectivity index is 1.45. The molecule has 0 spiro atoms. The zero-order valence-electron chi connectivity index (χ0n) is 21.3. The van der Waals surface area contributed by atoms with Gasteiger partial charge in [0.15, 0.2) is 9.84 Å². The van der Waals surface area contributed by atoms with Crippen molar-refractivity contribution in [1.29, 1.82) is 0 Å². The van der Waals surface area contributed by atoms with Gasteiger partial charge in [0.05, 0.1) is 41.2 Å². The number of benzene rings is 1. The standard InChI is InChI=1S/C26H30N6O5S/c1-17(2)11-19(16-33)30-26(35)23-14-27-24-22(5-4-10-31(23)24)25(34)28-12-18-13-29-32(15-18)20-6-8-21(9-7-20)38(3,36)37/h4-10,13-15,17,19,33H,11-12,16H2,1-3H3,(H,28,34)(H,30,35)/t19-/m0/s1. The molecule has 0 saturated heterocycles. The predicted octanol–water partition coefficient (Wildman–Crippen LogP) is 1.99. The summed E-state index contributed by atoms with van der Waals surface area (Å²) >= 11 is 0. The lowest BCUT2D eigenvalue weighted by Crippen LogP contribution is -2.38. The van der Waals surface area contributed by atoms with Crippen LogP contribution in [0.15, 0.2) is 66.1 Å². The Morgan fingerprint density at radius 2 is 1.82 bits per heavy atom. The quantitative estimate of drug-likeness (QED) is 0.280. The zero-order valence-corrected chi connectivity index (χ0v) is 22.1. The molecule has 11 nitrogen and oxygen atoms in total. The summed E-state index contributed by atoms with van der Waals surface area (Å²) in [6, 6.07) is 9.26. The summed E-state index contributed by atoms with van der Waals surface area (Å²) in [4.78, 5) is 30.3. The number of imidazole rings is 1. The number of fused-ring (bicyclic) bond motifs is 1. The van der Waals surface area contributed by atoms with Gasteiger partial charge in [-0.1, -0.05) is 13.8 Å². The van der Waals surface area contributed by atoms with Crippen molar-refractivity contribution in [3.8, 4) is 5.69 Å². The number of carbonyl (C=O) groups is 2. The van der Waals surface area contributed by atoms with Gasteiger partial charge in [-0.2, -0.15) is 5.10 Å². The van der Waals surface area contributed by atoms with Gasteiger partial charge in [-0.05, 0) is 48.7 Å². The van der Waals surface area contributed by atoms with Gasteiger partial charge in [0.25, 0.3) is 11.8 Å². The molecule has 3 heterocycles. The smallest absolute Gasteiger partial charge is 0.270 e. The molecular weight excluding hydrogens is 508 g/mol. The van der Waals surface area contributed by atoms with Gasteiger partial charge in [0.1, 0.15) is 11.3 Å². The number of nitrogens with zero attached hydrogens (tertiary/aromatic N) is 4. The fourth-order valence-electron chi connectivity index (χ4n) is 4.08. The van der Waals surface area contributed by atoms with Crippen LogP contribution in [0.2, 0.25) is 0 Å². The Morgan fingerprint density at radius 3 is 2.47 bits per heavy atom. The van der Waals surface area contributed by atoms with Crippen molar-refractivity contribution in [3.63, 3.8) is 0 Å². The highest BCUT2D eigenvalue weighted by molar-refractivity contribution is 7.90. The number of aromatic nitrogens is 4. The molecule has 0 aliphatic heterocycles. The summed E-state index contributed by atoms with van der Waals surface area (Å²) in [6.07, 6.45) is 8.20. The van der Waals surface area contributed by atoms with Gasteiger partial charge in [-0.15, -0.1) is 0 Å². The number of carbonyl (C=O) groups excluding carboxylic acids is 2. The van der Waals surface area contributed by atoms with Crippen molar-refractivity contribution in [3.05, 3.63) is 78.0 Å². The second kappa shape index (κ2) is 11.2. The van der Waals surface area contributed by atoms with E-state index in [0.717, 1.165) is 11.8 Å². The highest BCUT2D eigenvalue weighted by Crippen LogP contribution is 2.16. The first kappa shape index (κ1) is 27.0. The molecule has 200 valence electrons. The minimum atomic E-state index is -3.29. The minimum absolute atomic E-state index is 0.170. The molecule has 0 saturated carbocycles. The van der Waals surface area contributed by atoms with Crippen LogP contribution in [0.3, 0.4) is 0 Å². The molecule has 3 N–H and O–H groups in total. The van der Waals surface area contributed by atoms with E-state index in [9.17, 15) is 23.1 Å². The largest absolute Gasteiger partial charge is 0.394 e. The Kier molecular flexibility index (Phi) is 7.93. The van der Waals surface area contributed by atoms with Gasteiger partial charge in [0.2, 0.25) is 0 Å². The summed E-state index contributed by atoms with van der Waals surface area (Å²) in [5.41, 5.74) is 2.32. The molecule has 0 bridgehead atoms. The van der Waals surface area contributed by atoms with Crippen LogP contribution in [0.25, 0.3) is 11.3 Å². The van der Waals surface area contributed by atoms with Crippen molar-refractivity contribution < 1.29 is 23.1 Å². The summed E-state index contributed by atoms with van der Waals surface area (Å²) in [7, 11) is -3.29. The normalized spacial score (nSPS) is 12.6. The number of hydrogen-bond acceptors (Lipinski definition) is 7. The summed E-state index contributed by atoms with van der Waals surface area (Å²) < 4.78 is 26.5. The number of hydrogen-bond donors (Lipinski definition) is 3. The van der Waals surface area contributed by atoms with Crippen LogP contribution in [0.5, 0.6) is 0 Å². The van der Waals surface area contributed by atoms with Gasteiger partial charge in [-0.25, -0.2) is 18.1 Å². The Hall–Kier alpha value is -4.03. The third kappa shape index (κ3) is 6.09. The van der Waals surface area contributed by atoms with Gasteiger partial charge >= 0.3 is 0 Å². The Bertz CT molecular complexity index is 1560. The molecule has 12 heteroatoms. The van der Waals surface area contributed by atoms with E-state index in [1.54, 1.807) is 51.9 Å². The molecule has 0 aliphatic carbocycles. The molecule has 1 atom stereocenters. The minimum Gasteiger partial charge on any atom is -0.394 e. The Labute approximate surface area is 220 Å². The average Bonchev–Trinajstić information content (AvgIpc) is 3.53. The lowest BCUT2D eigenvalue weighted by molar-refractivity contribution is 0.0900. The van der Waals surface area contributed by atoms with Crippen LogP contribution in [0.1, 0.15) is 46.7 Å². The predicted molar refractivity (Wildman–Crippen MR) is 141 cm³/mol. The van der Waals surface area contributed by atoms with Crippen LogP contribution in [-0.4, -0.2) is 63.4 Å². The molecule has 0 fully saturated rings. The molecule has 0 aliphatic rings. The summed E-state index contributed by atoms with van der Waals surface area (Å²) in [5.74, 6) is -0.448. The molecule has 2 amide bonds. The fraction of sp³-hybridized carbons (Fsp3) is 0.308. The topological polar surface area (TPSA) is 148 Å². The number of nitrogens with one attached hydrogen (secondary N) is 2. The number of amides is 2. The van der Waals surface area contributed by atoms with E-state index in [4.69, 9.17) is 0 Å². The van der Waals surface area contributed by atoms with E-state index in [1.165, 1.54) is 18.3 Å². The second-order valence-corrected chi connectivity index (χ2v) is 11.5. The summed E-state index contributed by atoms with van der Waals surface area (Å²) in [6.45, 7) is 4.05. The first-order valence-corrected chi connectivity index (χ1v) is 14.0. The molecule has 3 aromatic heterocycles. The van der Waals surface area contributed by atoms with E-state index in [-0.39, 0.29) is 41.6 Å². The van der Waals surface area contributed by atoms with Crippen LogP contribution in [0, 0.1) is 5.92 Å². The van der Waals surface area contributed by atoms with Gasteiger partial charge in [0, 0.05) is 30.8 Å². The maximum Gasteiger partial charge on any atom is 0.270 e. The second-order valence-electron chi connectivity index (χ2n) is 9.48. The average molecular weight is 539 g/mol. The van der Waals surface area contributed by atoms with E-state index in [0.29, 0.717) is 29.2 Å². The first-order chi connectivity index (χ1) is 18.1. The van der Waals surface area contributed by atoms with Crippen LogP contribution in [-0.2, 0) is 16.4 Å². The van der Waals surface area contributed by atoms with Crippen LogP contribution >= 0.6 is 0 Å². The number of aliphatic hydroxyl groups is 1. The number of pyridine rings is 1. The SMILES string of the molecule is CC(C)C[C@@H](CO)NC(=O)c1cnc2c(C(=O)NCc3cnn(-c4ccc(S(C)(=O)=O)cc4)c3)cccn12. The number of sulfone groups is 1. The van der Waals surface area contributed by atoms with E-state index < -0.39 is 9.84 Å². The molecule has 4 rings (SSSR count). The molecule has 0 radical (unpaired) electrons. The molecule has 38 heavy (non-hydrogen) atoms. The van der Waals surface area contributed by atoms with Crippen molar-refractivity contribution in [2.24, 2.45) is 5.92 Å². The maximum atomic E-state index is 13.0. The zero-order chi connectivity index (χ0) is 27.4. The molecular formula is C26H30N6O5S. The van der Waals surface area contributed by atoms with Crippen molar-refractivity contribution in [2.75, 3.05) is 12.9 Å². The van der Waals surface area contributed by atoms with E-state index in [1.807, 2.05) is 13.8 Å². The van der Waals surface area contributed by atoms with Crippen LogP contribution < -0.4 is 10.6 Å². The number of rotatable bonds is 10. The van der Waals surface area contributed by atoms with Crippen LogP contribution in [0.4, 0.5) is 0 Å². The maximum absolute atomic E-state index is 13.0.